The molecule has 2 aromatic rings. The molecule has 3 N–H and O–H groups in total. The van der Waals surface area contributed by atoms with Gasteiger partial charge in [0, 0.05) is 18.5 Å². The molecule has 0 radical (unpaired) electrons. The van der Waals surface area contributed by atoms with Crippen molar-refractivity contribution in [3.8, 4) is 10.6 Å². The highest BCUT2D eigenvalue weighted by Crippen LogP contribution is 2.25. The van der Waals surface area contributed by atoms with Gasteiger partial charge in [0.1, 0.15) is 0 Å². The lowest BCUT2D eigenvalue weighted by Gasteiger charge is -2.03. The van der Waals surface area contributed by atoms with Crippen molar-refractivity contribution in [1.82, 2.24) is 15.5 Å². The minimum atomic E-state index is -0.751. The molecule has 0 aromatic carbocycles. The van der Waals surface area contributed by atoms with Gasteiger partial charge in [-0.1, -0.05) is 6.07 Å². The Labute approximate surface area is 109 Å². The van der Waals surface area contributed by atoms with Gasteiger partial charge in [-0.25, -0.2) is 0 Å². The Hall–Kier alpha value is -1.66. The summed E-state index contributed by atoms with van der Waals surface area (Å²) in [5.41, 5.74) is 2.14. The number of nitrogens with zero attached hydrogens (tertiary/aromatic N) is 1. The van der Waals surface area contributed by atoms with Crippen LogP contribution in [0.3, 0.4) is 0 Å². The van der Waals surface area contributed by atoms with Crippen LogP contribution in [0.4, 0.5) is 0 Å². The SMILES string of the molecule is O=C(O)CCCNCc1cn[nH]c1-c1cccs1. The summed E-state index contributed by atoms with van der Waals surface area (Å²) in [5, 5.41) is 20.8. The smallest absolute Gasteiger partial charge is 0.303 e. The van der Waals surface area contributed by atoms with Crippen molar-refractivity contribution < 1.29 is 9.90 Å². The van der Waals surface area contributed by atoms with Gasteiger partial charge in [-0.15, -0.1) is 11.3 Å². The summed E-state index contributed by atoms with van der Waals surface area (Å²) in [7, 11) is 0. The first-order valence-electron chi connectivity index (χ1n) is 5.76. The van der Waals surface area contributed by atoms with Crippen LogP contribution in [0.25, 0.3) is 10.6 Å². The van der Waals surface area contributed by atoms with E-state index in [1.807, 2.05) is 17.5 Å². The van der Waals surface area contributed by atoms with E-state index in [-0.39, 0.29) is 6.42 Å². The van der Waals surface area contributed by atoms with Crippen LogP contribution in [0.15, 0.2) is 23.7 Å². The van der Waals surface area contributed by atoms with Gasteiger partial charge < -0.3 is 10.4 Å². The zero-order valence-corrected chi connectivity index (χ0v) is 10.7. The molecule has 0 aliphatic heterocycles. The third-order valence-corrected chi connectivity index (χ3v) is 3.43. The molecule has 6 heteroatoms. The fourth-order valence-corrected chi connectivity index (χ4v) is 2.42. The number of aliphatic carboxylic acids is 1. The molecule has 2 aromatic heterocycles. The van der Waals surface area contributed by atoms with E-state index in [0.717, 1.165) is 16.1 Å². The number of aromatic nitrogens is 2. The maximum Gasteiger partial charge on any atom is 0.303 e. The average molecular weight is 265 g/mol. The number of hydrogen-bond acceptors (Lipinski definition) is 4. The number of thiophene rings is 1. The molecule has 0 aliphatic carbocycles. The second-order valence-electron chi connectivity index (χ2n) is 3.92. The van der Waals surface area contributed by atoms with Crippen LogP contribution < -0.4 is 5.32 Å². The van der Waals surface area contributed by atoms with E-state index in [0.29, 0.717) is 19.5 Å². The van der Waals surface area contributed by atoms with Gasteiger partial charge in [0.05, 0.1) is 16.8 Å². The van der Waals surface area contributed by atoms with Crippen LogP contribution in [0.5, 0.6) is 0 Å². The quantitative estimate of drug-likeness (QED) is 0.670. The highest BCUT2D eigenvalue weighted by atomic mass is 32.1. The lowest BCUT2D eigenvalue weighted by atomic mass is 10.2. The summed E-state index contributed by atoms with van der Waals surface area (Å²) in [6, 6.07) is 4.05. The molecule has 2 heterocycles. The van der Waals surface area contributed by atoms with Crippen molar-refractivity contribution >= 4 is 17.3 Å². The van der Waals surface area contributed by atoms with Crippen LogP contribution in [0.2, 0.25) is 0 Å². The first-order chi connectivity index (χ1) is 8.77. The molecule has 0 bridgehead atoms. The summed E-state index contributed by atoms with van der Waals surface area (Å²) in [5.74, 6) is -0.751. The molecule has 2 rings (SSSR count). The van der Waals surface area contributed by atoms with Crippen molar-refractivity contribution in [2.45, 2.75) is 19.4 Å². The van der Waals surface area contributed by atoms with Crippen LogP contribution >= 0.6 is 11.3 Å². The van der Waals surface area contributed by atoms with E-state index in [1.165, 1.54) is 0 Å². The van der Waals surface area contributed by atoms with Crippen molar-refractivity contribution in [2.24, 2.45) is 0 Å². The first-order valence-corrected chi connectivity index (χ1v) is 6.64. The number of aromatic amines is 1. The number of carboxylic acids is 1. The Morgan fingerprint density at radius 2 is 2.44 bits per heavy atom. The van der Waals surface area contributed by atoms with Gasteiger partial charge >= 0.3 is 5.97 Å². The summed E-state index contributed by atoms with van der Waals surface area (Å²) in [6.45, 7) is 1.39. The molecule has 0 amide bonds. The van der Waals surface area contributed by atoms with E-state index < -0.39 is 5.97 Å². The first kappa shape index (κ1) is 12.8. The molecule has 0 saturated carbocycles. The fraction of sp³-hybridized carbons (Fsp3) is 0.333. The molecular formula is C12H15N3O2S. The van der Waals surface area contributed by atoms with Crippen molar-refractivity contribution in [3.05, 3.63) is 29.3 Å². The zero-order valence-electron chi connectivity index (χ0n) is 9.85. The number of hydrogen-bond donors (Lipinski definition) is 3. The normalized spacial score (nSPS) is 10.7. The Balaban J connectivity index is 1.83. The summed E-state index contributed by atoms with van der Waals surface area (Å²) < 4.78 is 0. The van der Waals surface area contributed by atoms with Crippen molar-refractivity contribution in [1.29, 1.82) is 0 Å². The molecule has 0 unspecified atom stereocenters. The van der Waals surface area contributed by atoms with Crippen LogP contribution in [0, 0.1) is 0 Å². The van der Waals surface area contributed by atoms with Crippen LogP contribution in [-0.2, 0) is 11.3 Å². The summed E-state index contributed by atoms with van der Waals surface area (Å²) in [4.78, 5) is 11.5. The highest BCUT2D eigenvalue weighted by Gasteiger charge is 2.07. The minimum Gasteiger partial charge on any atom is -0.481 e. The van der Waals surface area contributed by atoms with Gasteiger partial charge in [0.2, 0.25) is 0 Å². The second-order valence-corrected chi connectivity index (χ2v) is 4.87. The van der Waals surface area contributed by atoms with E-state index >= 15 is 0 Å². The maximum atomic E-state index is 10.4. The standard InChI is InChI=1S/C12H15N3O2S/c16-11(17)4-1-5-13-7-9-8-14-15-12(9)10-3-2-6-18-10/h2-3,6,8,13H,1,4-5,7H2,(H,14,15)(H,16,17). The van der Waals surface area contributed by atoms with E-state index in [2.05, 4.69) is 15.5 Å². The number of carboxylic acid groups (broad SMARTS) is 1. The van der Waals surface area contributed by atoms with Gasteiger partial charge in [0.25, 0.3) is 0 Å². The lowest BCUT2D eigenvalue weighted by molar-refractivity contribution is -0.137. The monoisotopic (exact) mass is 265 g/mol. The largest absolute Gasteiger partial charge is 0.481 e. The van der Waals surface area contributed by atoms with Gasteiger partial charge in [-0.3, -0.25) is 9.89 Å². The van der Waals surface area contributed by atoms with Gasteiger partial charge in [-0.2, -0.15) is 5.10 Å². The minimum absolute atomic E-state index is 0.205. The molecule has 96 valence electrons. The van der Waals surface area contributed by atoms with E-state index in [4.69, 9.17) is 5.11 Å². The van der Waals surface area contributed by atoms with E-state index in [1.54, 1.807) is 17.5 Å². The molecular weight excluding hydrogens is 250 g/mol. The summed E-state index contributed by atoms with van der Waals surface area (Å²) >= 11 is 1.67. The molecule has 0 spiro atoms. The molecule has 5 nitrogen and oxygen atoms in total. The summed E-state index contributed by atoms with van der Waals surface area (Å²) in [6.07, 6.45) is 2.65. The Morgan fingerprint density at radius 1 is 1.56 bits per heavy atom. The lowest BCUT2D eigenvalue weighted by Crippen LogP contribution is -2.15. The van der Waals surface area contributed by atoms with E-state index in [9.17, 15) is 4.79 Å². The Kier molecular flexibility index (Phi) is 4.49. The molecule has 0 atom stereocenters. The number of rotatable bonds is 7. The number of carbonyl (C=O) groups is 1. The zero-order chi connectivity index (χ0) is 12.8. The average Bonchev–Trinajstić information content (AvgIpc) is 2.97. The molecule has 18 heavy (non-hydrogen) atoms. The Morgan fingerprint density at radius 3 is 3.17 bits per heavy atom. The molecule has 0 saturated heterocycles. The van der Waals surface area contributed by atoms with Crippen LogP contribution in [-0.4, -0.2) is 27.8 Å². The topological polar surface area (TPSA) is 78.0 Å². The second kappa shape index (κ2) is 6.32. The maximum absolute atomic E-state index is 10.4. The third-order valence-electron chi connectivity index (χ3n) is 2.55. The molecule has 0 fully saturated rings. The predicted molar refractivity (Wildman–Crippen MR) is 70.5 cm³/mol. The predicted octanol–water partition coefficient (Wildman–Crippen LogP) is 2.09. The Bertz CT molecular complexity index is 493. The number of nitrogens with one attached hydrogen (secondary N) is 2. The van der Waals surface area contributed by atoms with Crippen molar-refractivity contribution in [3.63, 3.8) is 0 Å². The fourth-order valence-electron chi connectivity index (χ4n) is 1.67. The van der Waals surface area contributed by atoms with Crippen LogP contribution in [0.1, 0.15) is 18.4 Å². The van der Waals surface area contributed by atoms with Gasteiger partial charge in [-0.05, 0) is 24.4 Å². The van der Waals surface area contributed by atoms with Gasteiger partial charge in [0.15, 0.2) is 0 Å². The molecule has 0 aliphatic rings. The third kappa shape index (κ3) is 3.41. The highest BCUT2D eigenvalue weighted by molar-refractivity contribution is 7.13. The van der Waals surface area contributed by atoms with Crippen molar-refractivity contribution in [2.75, 3.05) is 6.54 Å². The number of H-pyrrole nitrogens is 1.